The Hall–Kier alpha value is -0.570. The maximum Gasteiger partial charge on any atom is 0.329 e. The van der Waals surface area contributed by atoms with Gasteiger partial charge >= 0.3 is 5.97 Å². The van der Waals surface area contributed by atoms with E-state index >= 15 is 0 Å². The van der Waals surface area contributed by atoms with Crippen LogP contribution >= 0.6 is 0 Å². The third-order valence-electron chi connectivity index (χ3n) is 6.87. The van der Waals surface area contributed by atoms with E-state index in [1.165, 1.54) is 161 Å². The van der Waals surface area contributed by atoms with Crippen LogP contribution in [0, 0.1) is 0 Å². The number of hydrogen-bond donors (Lipinski definition) is 1. The van der Waals surface area contributed by atoms with Gasteiger partial charge in [0.15, 0.2) is 0 Å². The van der Waals surface area contributed by atoms with Gasteiger partial charge in [0.25, 0.3) is 0 Å². The van der Waals surface area contributed by atoms with Crippen molar-refractivity contribution in [2.75, 3.05) is 13.2 Å². The zero-order valence-corrected chi connectivity index (χ0v) is 22.6. The summed E-state index contributed by atoms with van der Waals surface area (Å²) >= 11 is 0. The van der Waals surface area contributed by atoms with Crippen LogP contribution in [0.1, 0.15) is 174 Å². The van der Waals surface area contributed by atoms with Gasteiger partial charge in [-0.15, -0.1) is 0 Å². The fraction of sp³-hybridized carbons (Fsp3) is 0.967. The Morgan fingerprint density at radius 2 is 0.697 bits per heavy atom. The van der Waals surface area contributed by atoms with Gasteiger partial charge < -0.3 is 9.84 Å². The largest absolute Gasteiger partial charge is 0.480 e. The third-order valence-corrected chi connectivity index (χ3v) is 6.87. The van der Waals surface area contributed by atoms with E-state index in [0.717, 1.165) is 6.42 Å². The Labute approximate surface area is 207 Å². The highest BCUT2D eigenvalue weighted by Gasteiger charge is 1.97. The number of carboxylic acid groups (broad SMARTS) is 1. The molecule has 0 aliphatic rings. The Morgan fingerprint density at radius 1 is 0.455 bits per heavy atom. The quantitative estimate of drug-likeness (QED) is 0.111. The average Bonchev–Trinajstić information content (AvgIpc) is 2.80. The molecular formula is C30H60O3. The van der Waals surface area contributed by atoms with Crippen molar-refractivity contribution in [1.82, 2.24) is 0 Å². The standard InChI is InChI=1S/C30H60O3/c1-2-3-4-5-6-7-8-9-10-11-12-13-14-15-16-17-18-19-20-21-22-23-24-25-26-27-28-33-29-30(31)32/h2-29H2,1H3,(H,31,32). The zero-order valence-electron chi connectivity index (χ0n) is 22.6. The molecule has 0 saturated carbocycles. The third kappa shape index (κ3) is 31.4. The number of aliphatic carboxylic acids is 1. The van der Waals surface area contributed by atoms with Gasteiger partial charge in [-0.1, -0.05) is 167 Å². The van der Waals surface area contributed by atoms with Crippen LogP contribution in [0.15, 0.2) is 0 Å². The van der Waals surface area contributed by atoms with Crippen LogP contribution in [-0.4, -0.2) is 24.3 Å². The lowest BCUT2D eigenvalue weighted by Crippen LogP contribution is -2.07. The lowest BCUT2D eigenvalue weighted by atomic mass is 10.0. The summed E-state index contributed by atoms with van der Waals surface area (Å²) in [5, 5.41) is 8.49. The molecule has 0 aliphatic heterocycles. The number of hydrogen-bond acceptors (Lipinski definition) is 2. The molecule has 0 aromatic rings. The lowest BCUT2D eigenvalue weighted by molar-refractivity contribution is -0.142. The van der Waals surface area contributed by atoms with Gasteiger partial charge in [-0.25, -0.2) is 4.79 Å². The van der Waals surface area contributed by atoms with Crippen molar-refractivity contribution >= 4 is 5.97 Å². The Bertz CT molecular complexity index is 370. The number of carboxylic acids is 1. The van der Waals surface area contributed by atoms with Crippen molar-refractivity contribution in [1.29, 1.82) is 0 Å². The first-order valence-electron chi connectivity index (χ1n) is 15.1. The monoisotopic (exact) mass is 468 g/mol. The minimum absolute atomic E-state index is 0.153. The zero-order chi connectivity index (χ0) is 24.1. The van der Waals surface area contributed by atoms with Crippen LogP contribution in [0.3, 0.4) is 0 Å². The molecule has 0 rings (SSSR count). The summed E-state index contributed by atoms with van der Waals surface area (Å²) in [4.78, 5) is 10.3. The molecule has 0 radical (unpaired) electrons. The molecule has 0 saturated heterocycles. The highest BCUT2D eigenvalue weighted by molar-refractivity contribution is 5.67. The predicted octanol–water partition coefficient (Wildman–Crippen LogP) is 10.3. The first kappa shape index (κ1) is 32.4. The molecule has 198 valence electrons. The molecule has 0 unspecified atom stereocenters. The van der Waals surface area contributed by atoms with Gasteiger partial charge in [0.1, 0.15) is 6.61 Å². The topological polar surface area (TPSA) is 46.5 Å². The molecule has 33 heavy (non-hydrogen) atoms. The summed E-state index contributed by atoms with van der Waals surface area (Å²) in [6, 6.07) is 0. The molecule has 0 bridgehead atoms. The van der Waals surface area contributed by atoms with Gasteiger partial charge in [0.05, 0.1) is 0 Å². The molecule has 3 nitrogen and oxygen atoms in total. The molecule has 0 amide bonds. The molecule has 0 aliphatic carbocycles. The van der Waals surface area contributed by atoms with E-state index in [1.807, 2.05) is 0 Å². The number of unbranched alkanes of at least 4 members (excludes halogenated alkanes) is 25. The first-order chi connectivity index (χ1) is 16.3. The van der Waals surface area contributed by atoms with Gasteiger partial charge in [0, 0.05) is 6.61 Å². The van der Waals surface area contributed by atoms with Crippen LogP contribution in [0.5, 0.6) is 0 Å². The van der Waals surface area contributed by atoms with Crippen LogP contribution in [-0.2, 0) is 9.53 Å². The number of rotatable bonds is 29. The average molecular weight is 469 g/mol. The van der Waals surface area contributed by atoms with E-state index < -0.39 is 5.97 Å². The van der Waals surface area contributed by atoms with Gasteiger partial charge in [0.2, 0.25) is 0 Å². The SMILES string of the molecule is CCCCCCCCCCCCCCCCCCCCCCCCCCCCOCC(=O)O. The summed E-state index contributed by atoms with van der Waals surface area (Å²) in [7, 11) is 0. The molecule has 0 atom stereocenters. The van der Waals surface area contributed by atoms with E-state index in [-0.39, 0.29) is 6.61 Å². The second kappa shape index (κ2) is 29.5. The number of ether oxygens (including phenoxy) is 1. The predicted molar refractivity (Wildman–Crippen MR) is 144 cm³/mol. The highest BCUT2D eigenvalue weighted by Crippen LogP contribution is 2.15. The molecular weight excluding hydrogens is 408 g/mol. The summed E-state index contributed by atoms with van der Waals surface area (Å²) in [5.41, 5.74) is 0. The fourth-order valence-electron chi connectivity index (χ4n) is 4.68. The molecule has 0 spiro atoms. The van der Waals surface area contributed by atoms with Crippen molar-refractivity contribution in [2.45, 2.75) is 174 Å². The fourth-order valence-corrected chi connectivity index (χ4v) is 4.68. The minimum atomic E-state index is -0.871. The van der Waals surface area contributed by atoms with E-state index in [4.69, 9.17) is 9.84 Å². The van der Waals surface area contributed by atoms with E-state index in [0.29, 0.717) is 6.61 Å². The maximum atomic E-state index is 10.3. The molecule has 0 aromatic heterocycles. The van der Waals surface area contributed by atoms with E-state index in [2.05, 4.69) is 6.92 Å². The molecule has 0 fully saturated rings. The summed E-state index contributed by atoms with van der Waals surface area (Å²) < 4.78 is 5.05. The van der Waals surface area contributed by atoms with Gasteiger partial charge in [-0.05, 0) is 6.42 Å². The lowest BCUT2D eigenvalue weighted by Gasteiger charge is -2.04. The van der Waals surface area contributed by atoms with Crippen molar-refractivity contribution in [2.24, 2.45) is 0 Å². The first-order valence-corrected chi connectivity index (χ1v) is 15.1. The van der Waals surface area contributed by atoms with Crippen LogP contribution in [0.2, 0.25) is 0 Å². The summed E-state index contributed by atoms with van der Waals surface area (Å²) in [6.07, 6.45) is 36.4. The molecule has 3 heteroatoms. The summed E-state index contributed by atoms with van der Waals surface area (Å²) in [5.74, 6) is -0.871. The normalized spacial score (nSPS) is 11.3. The molecule has 0 heterocycles. The van der Waals surface area contributed by atoms with Crippen molar-refractivity contribution in [3.05, 3.63) is 0 Å². The Kier molecular flexibility index (Phi) is 29.0. The molecule has 1 N–H and O–H groups in total. The van der Waals surface area contributed by atoms with E-state index in [1.54, 1.807) is 0 Å². The van der Waals surface area contributed by atoms with Gasteiger partial charge in [-0.2, -0.15) is 0 Å². The maximum absolute atomic E-state index is 10.3. The second-order valence-electron chi connectivity index (χ2n) is 10.3. The van der Waals surface area contributed by atoms with Crippen LogP contribution in [0.25, 0.3) is 0 Å². The summed E-state index contributed by atoms with van der Waals surface area (Å²) in [6.45, 7) is 2.73. The van der Waals surface area contributed by atoms with Gasteiger partial charge in [-0.3, -0.25) is 0 Å². The van der Waals surface area contributed by atoms with Crippen molar-refractivity contribution in [3.63, 3.8) is 0 Å². The second-order valence-corrected chi connectivity index (χ2v) is 10.3. The Balaban J connectivity index is 3.01. The van der Waals surface area contributed by atoms with E-state index in [9.17, 15) is 4.79 Å². The van der Waals surface area contributed by atoms with Crippen molar-refractivity contribution in [3.8, 4) is 0 Å². The molecule has 0 aromatic carbocycles. The highest BCUT2D eigenvalue weighted by atomic mass is 16.5. The van der Waals surface area contributed by atoms with Crippen LogP contribution < -0.4 is 0 Å². The smallest absolute Gasteiger partial charge is 0.329 e. The minimum Gasteiger partial charge on any atom is -0.480 e. The Morgan fingerprint density at radius 3 is 0.939 bits per heavy atom. The van der Waals surface area contributed by atoms with Crippen molar-refractivity contribution < 1.29 is 14.6 Å². The number of carbonyl (C=O) groups is 1. The van der Waals surface area contributed by atoms with Crippen LogP contribution in [0.4, 0.5) is 0 Å².